The van der Waals surface area contributed by atoms with E-state index in [4.69, 9.17) is 9.47 Å². The van der Waals surface area contributed by atoms with Crippen molar-refractivity contribution in [1.29, 1.82) is 0 Å². The highest BCUT2D eigenvalue weighted by Gasteiger charge is 2.26. The summed E-state index contributed by atoms with van der Waals surface area (Å²) in [5.74, 6) is 0.0871. The summed E-state index contributed by atoms with van der Waals surface area (Å²) in [5.41, 5.74) is 1.12. The lowest BCUT2D eigenvalue weighted by atomic mass is 10.1. The van der Waals surface area contributed by atoms with Crippen LogP contribution in [0.2, 0.25) is 0 Å². The Hall–Kier alpha value is -2.42. The summed E-state index contributed by atoms with van der Waals surface area (Å²) in [4.78, 5) is 14.6. The van der Waals surface area contributed by atoms with Gasteiger partial charge in [0, 0.05) is 26.7 Å². The third kappa shape index (κ3) is 4.35. The van der Waals surface area contributed by atoms with Crippen molar-refractivity contribution in [2.45, 2.75) is 11.4 Å². The maximum Gasteiger partial charge on any atom is 0.257 e. The van der Waals surface area contributed by atoms with Gasteiger partial charge >= 0.3 is 0 Å². The summed E-state index contributed by atoms with van der Waals surface area (Å²) in [7, 11) is -0.783. The minimum atomic E-state index is -3.77. The predicted octanol–water partition coefficient (Wildman–Crippen LogP) is 1.99. The number of rotatable bonds is 6. The van der Waals surface area contributed by atoms with Gasteiger partial charge in [0.1, 0.15) is 5.75 Å². The van der Waals surface area contributed by atoms with Crippen molar-refractivity contribution in [2.24, 2.45) is 0 Å². The Morgan fingerprint density at radius 1 is 1.14 bits per heavy atom. The molecule has 0 aliphatic carbocycles. The normalized spacial score (nSPS) is 14.9. The van der Waals surface area contributed by atoms with E-state index in [0.717, 1.165) is 5.56 Å². The number of carbonyl (C=O) groups is 1. The second-order valence-electron chi connectivity index (χ2n) is 6.51. The third-order valence-corrected chi connectivity index (χ3v) is 6.46. The molecule has 1 aliphatic rings. The lowest BCUT2D eigenvalue weighted by Gasteiger charge is -2.27. The summed E-state index contributed by atoms with van der Waals surface area (Å²) in [6.45, 7) is 2.10. The molecule has 1 amide bonds. The fraction of sp³-hybridized carbons (Fsp3) is 0.350. The van der Waals surface area contributed by atoms with Gasteiger partial charge in [-0.1, -0.05) is 30.3 Å². The van der Waals surface area contributed by atoms with Gasteiger partial charge in [-0.25, -0.2) is 8.42 Å². The maximum atomic E-state index is 13.0. The molecule has 7 nitrogen and oxygen atoms in total. The molecule has 0 unspecified atom stereocenters. The maximum absolute atomic E-state index is 13.0. The minimum Gasteiger partial charge on any atom is -0.496 e. The highest BCUT2D eigenvalue weighted by atomic mass is 32.2. The van der Waals surface area contributed by atoms with E-state index in [1.165, 1.54) is 36.7 Å². The third-order valence-electron chi connectivity index (χ3n) is 4.66. The Morgan fingerprint density at radius 2 is 1.82 bits per heavy atom. The van der Waals surface area contributed by atoms with Gasteiger partial charge in [-0.3, -0.25) is 4.79 Å². The van der Waals surface area contributed by atoms with Gasteiger partial charge in [-0.15, -0.1) is 0 Å². The van der Waals surface area contributed by atoms with E-state index in [0.29, 0.717) is 32.1 Å². The molecule has 0 radical (unpaired) electrons. The summed E-state index contributed by atoms with van der Waals surface area (Å²) in [6, 6.07) is 13.7. The highest BCUT2D eigenvalue weighted by molar-refractivity contribution is 7.89. The van der Waals surface area contributed by atoms with Crippen LogP contribution in [-0.4, -0.2) is 64.0 Å². The fourth-order valence-electron chi connectivity index (χ4n) is 3.06. The number of morpholine rings is 1. The number of sulfonamides is 1. The highest BCUT2D eigenvalue weighted by Crippen LogP contribution is 2.26. The summed E-state index contributed by atoms with van der Waals surface area (Å²) < 4.78 is 37.9. The van der Waals surface area contributed by atoms with Crippen LogP contribution in [0.5, 0.6) is 5.75 Å². The molecule has 2 aromatic carbocycles. The standard InChI is InChI=1S/C20H24N2O5S/c1-21(15-16-6-4-3-5-7-16)28(24,25)17-8-9-19(26-2)18(14-17)20(23)22-10-12-27-13-11-22/h3-9,14H,10-13,15H2,1-2H3. The van der Waals surface area contributed by atoms with Crippen LogP contribution in [0.4, 0.5) is 0 Å². The Kier molecular flexibility index (Phi) is 6.33. The van der Waals surface area contributed by atoms with Gasteiger partial charge in [0.2, 0.25) is 10.0 Å². The zero-order valence-electron chi connectivity index (χ0n) is 16.0. The molecule has 0 aromatic heterocycles. The predicted molar refractivity (Wildman–Crippen MR) is 105 cm³/mol. The zero-order valence-corrected chi connectivity index (χ0v) is 16.8. The van der Waals surface area contributed by atoms with Crippen LogP contribution in [0.25, 0.3) is 0 Å². The molecule has 1 aliphatic heterocycles. The van der Waals surface area contributed by atoms with Crippen molar-refractivity contribution in [3.8, 4) is 5.75 Å². The van der Waals surface area contributed by atoms with E-state index in [1.54, 1.807) is 4.90 Å². The molecule has 0 saturated carbocycles. The number of nitrogens with zero attached hydrogens (tertiary/aromatic N) is 2. The molecule has 0 spiro atoms. The van der Waals surface area contributed by atoms with Crippen LogP contribution in [0, 0.1) is 0 Å². The van der Waals surface area contributed by atoms with Gasteiger partial charge in [0.15, 0.2) is 0 Å². The molecule has 1 fully saturated rings. The number of hydrogen-bond acceptors (Lipinski definition) is 5. The average Bonchev–Trinajstić information content (AvgIpc) is 2.74. The van der Waals surface area contributed by atoms with E-state index >= 15 is 0 Å². The molecule has 150 valence electrons. The first-order chi connectivity index (χ1) is 13.4. The first kappa shape index (κ1) is 20.3. The van der Waals surface area contributed by atoms with E-state index in [-0.39, 0.29) is 22.9 Å². The van der Waals surface area contributed by atoms with Crippen LogP contribution in [0.15, 0.2) is 53.4 Å². The van der Waals surface area contributed by atoms with Crippen molar-refractivity contribution >= 4 is 15.9 Å². The molecular formula is C20H24N2O5S. The second-order valence-corrected chi connectivity index (χ2v) is 8.56. The first-order valence-corrected chi connectivity index (χ1v) is 10.4. The van der Waals surface area contributed by atoms with Crippen LogP contribution >= 0.6 is 0 Å². The van der Waals surface area contributed by atoms with Crippen LogP contribution in [-0.2, 0) is 21.3 Å². The molecule has 0 bridgehead atoms. The van der Waals surface area contributed by atoms with Gasteiger partial charge in [-0.05, 0) is 23.8 Å². The van der Waals surface area contributed by atoms with Gasteiger partial charge < -0.3 is 14.4 Å². The second kappa shape index (κ2) is 8.72. The largest absolute Gasteiger partial charge is 0.496 e. The lowest BCUT2D eigenvalue weighted by Crippen LogP contribution is -2.40. The van der Waals surface area contributed by atoms with Crippen molar-refractivity contribution in [3.05, 3.63) is 59.7 Å². The monoisotopic (exact) mass is 404 g/mol. The lowest BCUT2D eigenvalue weighted by molar-refractivity contribution is 0.0300. The summed E-state index contributed by atoms with van der Waals surface area (Å²) in [5, 5.41) is 0. The van der Waals surface area contributed by atoms with Gasteiger partial charge in [-0.2, -0.15) is 4.31 Å². The van der Waals surface area contributed by atoms with E-state index in [1.807, 2.05) is 30.3 Å². The smallest absolute Gasteiger partial charge is 0.257 e. The molecule has 0 atom stereocenters. The molecule has 3 rings (SSSR count). The first-order valence-electron chi connectivity index (χ1n) is 8.99. The van der Waals surface area contributed by atoms with Gasteiger partial charge in [0.05, 0.1) is 30.8 Å². The van der Waals surface area contributed by atoms with Crippen LogP contribution in [0.1, 0.15) is 15.9 Å². The quantitative estimate of drug-likeness (QED) is 0.736. The number of methoxy groups -OCH3 is 1. The topological polar surface area (TPSA) is 76.2 Å². The van der Waals surface area contributed by atoms with E-state index in [2.05, 4.69) is 0 Å². The molecule has 1 heterocycles. The summed E-state index contributed by atoms with van der Waals surface area (Å²) >= 11 is 0. The van der Waals surface area contributed by atoms with Crippen molar-refractivity contribution in [2.75, 3.05) is 40.5 Å². The van der Waals surface area contributed by atoms with Crippen LogP contribution < -0.4 is 4.74 Å². The Balaban J connectivity index is 1.89. The molecule has 8 heteroatoms. The number of ether oxygens (including phenoxy) is 2. The number of hydrogen-bond donors (Lipinski definition) is 0. The molecule has 0 N–H and O–H groups in total. The Labute approximate surface area is 165 Å². The van der Waals surface area contributed by atoms with Crippen LogP contribution in [0.3, 0.4) is 0 Å². The Morgan fingerprint density at radius 3 is 2.46 bits per heavy atom. The Bertz CT molecular complexity index is 925. The summed E-state index contributed by atoms with van der Waals surface area (Å²) in [6.07, 6.45) is 0. The number of amides is 1. The number of benzene rings is 2. The molecule has 1 saturated heterocycles. The average molecular weight is 404 g/mol. The minimum absolute atomic E-state index is 0.0586. The molecular weight excluding hydrogens is 380 g/mol. The molecule has 28 heavy (non-hydrogen) atoms. The van der Waals surface area contributed by atoms with E-state index in [9.17, 15) is 13.2 Å². The fourth-order valence-corrected chi connectivity index (χ4v) is 4.24. The zero-order chi connectivity index (χ0) is 20.1. The van der Waals surface area contributed by atoms with Crippen molar-refractivity contribution in [1.82, 2.24) is 9.21 Å². The number of carbonyl (C=O) groups excluding carboxylic acids is 1. The van der Waals surface area contributed by atoms with Crippen molar-refractivity contribution in [3.63, 3.8) is 0 Å². The van der Waals surface area contributed by atoms with Crippen molar-refractivity contribution < 1.29 is 22.7 Å². The van der Waals surface area contributed by atoms with E-state index < -0.39 is 10.0 Å². The SMILES string of the molecule is COc1ccc(S(=O)(=O)N(C)Cc2ccccc2)cc1C(=O)N1CCOCC1. The molecule has 2 aromatic rings. The van der Waals surface area contributed by atoms with Gasteiger partial charge in [0.25, 0.3) is 5.91 Å².